The fourth-order valence-electron chi connectivity index (χ4n) is 2.93. The summed E-state index contributed by atoms with van der Waals surface area (Å²) < 4.78 is 0. The van der Waals surface area contributed by atoms with E-state index in [0.717, 1.165) is 18.5 Å². The highest BCUT2D eigenvalue weighted by Crippen LogP contribution is 2.45. The normalized spacial score (nSPS) is 16.4. The van der Waals surface area contributed by atoms with E-state index in [0.29, 0.717) is 0 Å². The Hall–Kier alpha value is -1.63. The Balaban J connectivity index is 2.37. The number of hydrogen-bond acceptors (Lipinski definition) is 1. The molecule has 0 bridgehead atoms. The van der Waals surface area contributed by atoms with Crippen molar-refractivity contribution in [2.45, 2.75) is 32.1 Å². The molecule has 0 radical (unpaired) electrons. The van der Waals surface area contributed by atoms with Gasteiger partial charge >= 0.3 is 0 Å². The second-order valence-corrected chi connectivity index (χ2v) is 4.80. The Morgan fingerprint density at radius 2 is 1.76 bits per heavy atom. The second-order valence-electron chi connectivity index (χ2n) is 4.80. The minimum absolute atomic E-state index is 0.149. The molecule has 0 unspecified atom stereocenters. The van der Waals surface area contributed by atoms with Crippen LogP contribution in [0.15, 0.2) is 41.4 Å². The van der Waals surface area contributed by atoms with Crippen molar-refractivity contribution in [3.63, 3.8) is 0 Å². The molecule has 86 valence electrons. The van der Waals surface area contributed by atoms with E-state index < -0.39 is 0 Å². The standard InChI is InChI=1S/C16H17N/c1-3-16(4-2)11-17-14-10-9-12-7-5-6-8-13(12)15(14)16/h5-11H,3-4H2,1-2H3. The van der Waals surface area contributed by atoms with E-state index >= 15 is 0 Å². The van der Waals surface area contributed by atoms with Crippen LogP contribution >= 0.6 is 0 Å². The van der Waals surface area contributed by atoms with Crippen molar-refractivity contribution in [3.8, 4) is 0 Å². The molecule has 0 amide bonds. The van der Waals surface area contributed by atoms with E-state index in [4.69, 9.17) is 0 Å². The maximum absolute atomic E-state index is 4.62. The molecule has 0 spiro atoms. The predicted octanol–water partition coefficient (Wildman–Crippen LogP) is 4.61. The number of nitrogens with zero attached hydrogens (tertiary/aromatic N) is 1. The average Bonchev–Trinajstić information content (AvgIpc) is 2.78. The van der Waals surface area contributed by atoms with Gasteiger partial charge in [-0.3, -0.25) is 4.99 Å². The SMILES string of the molecule is CCC1(CC)C=Nc2ccc3ccccc3c21. The van der Waals surface area contributed by atoms with Crippen LogP contribution in [0.3, 0.4) is 0 Å². The van der Waals surface area contributed by atoms with Crippen molar-refractivity contribution in [1.82, 2.24) is 0 Å². The van der Waals surface area contributed by atoms with E-state index in [1.807, 2.05) is 0 Å². The van der Waals surface area contributed by atoms with Crippen LogP contribution in [0.25, 0.3) is 10.8 Å². The molecular formula is C16H17N. The van der Waals surface area contributed by atoms with Crippen LogP contribution in [0, 0.1) is 0 Å². The average molecular weight is 223 g/mol. The van der Waals surface area contributed by atoms with Gasteiger partial charge < -0.3 is 0 Å². The van der Waals surface area contributed by atoms with Crippen molar-refractivity contribution in [3.05, 3.63) is 42.0 Å². The van der Waals surface area contributed by atoms with Crippen molar-refractivity contribution in [2.24, 2.45) is 4.99 Å². The van der Waals surface area contributed by atoms with Crippen LogP contribution in [-0.4, -0.2) is 6.21 Å². The van der Waals surface area contributed by atoms with Crippen molar-refractivity contribution in [2.75, 3.05) is 0 Å². The Morgan fingerprint density at radius 1 is 1.00 bits per heavy atom. The fraction of sp³-hybridized carbons (Fsp3) is 0.312. The van der Waals surface area contributed by atoms with Gasteiger partial charge in [-0.15, -0.1) is 0 Å². The summed E-state index contributed by atoms with van der Waals surface area (Å²) in [5.74, 6) is 0. The van der Waals surface area contributed by atoms with Gasteiger partial charge in [0.25, 0.3) is 0 Å². The summed E-state index contributed by atoms with van der Waals surface area (Å²) in [5, 5.41) is 2.69. The first-order valence-electron chi connectivity index (χ1n) is 6.38. The maximum Gasteiger partial charge on any atom is 0.0673 e. The van der Waals surface area contributed by atoms with Gasteiger partial charge in [0, 0.05) is 11.6 Å². The summed E-state index contributed by atoms with van der Waals surface area (Å²) in [6.07, 6.45) is 4.39. The molecule has 0 aliphatic carbocycles. The Labute approximate surface area is 102 Å². The lowest BCUT2D eigenvalue weighted by atomic mass is 9.76. The summed E-state index contributed by atoms with van der Waals surface area (Å²) in [4.78, 5) is 4.62. The second kappa shape index (κ2) is 3.69. The monoisotopic (exact) mass is 223 g/mol. The zero-order chi connectivity index (χ0) is 11.9. The molecule has 17 heavy (non-hydrogen) atoms. The Kier molecular flexibility index (Phi) is 2.29. The topological polar surface area (TPSA) is 12.4 Å². The van der Waals surface area contributed by atoms with Crippen molar-refractivity contribution in [1.29, 1.82) is 0 Å². The van der Waals surface area contributed by atoms with E-state index in [9.17, 15) is 0 Å². The molecule has 0 fully saturated rings. The maximum atomic E-state index is 4.62. The molecule has 0 atom stereocenters. The van der Waals surface area contributed by atoms with Gasteiger partial charge in [0.05, 0.1) is 5.69 Å². The van der Waals surface area contributed by atoms with Crippen LogP contribution < -0.4 is 0 Å². The van der Waals surface area contributed by atoms with Crippen LogP contribution in [0.4, 0.5) is 5.69 Å². The molecule has 0 aromatic heterocycles. The third-order valence-corrected chi connectivity index (χ3v) is 4.12. The smallest absolute Gasteiger partial charge is 0.0673 e. The minimum atomic E-state index is 0.149. The Morgan fingerprint density at radius 3 is 2.53 bits per heavy atom. The molecule has 2 aromatic rings. The van der Waals surface area contributed by atoms with Crippen LogP contribution in [-0.2, 0) is 5.41 Å². The number of benzene rings is 2. The third-order valence-electron chi connectivity index (χ3n) is 4.12. The minimum Gasteiger partial charge on any atom is -0.260 e. The van der Waals surface area contributed by atoms with Crippen molar-refractivity contribution < 1.29 is 0 Å². The van der Waals surface area contributed by atoms with Crippen molar-refractivity contribution >= 4 is 22.7 Å². The zero-order valence-corrected chi connectivity index (χ0v) is 10.4. The van der Waals surface area contributed by atoms with E-state index in [1.165, 1.54) is 16.3 Å². The van der Waals surface area contributed by atoms with Crippen LogP contribution in [0.2, 0.25) is 0 Å². The molecule has 1 aliphatic heterocycles. The number of rotatable bonds is 2. The van der Waals surface area contributed by atoms with Gasteiger partial charge in [0.15, 0.2) is 0 Å². The highest BCUT2D eigenvalue weighted by Gasteiger charge is 2.34. The lowest BCUT2D eigenvalue weighted by Crippen LogP contribution is -2.23. The molecule has 1 heterocycles. The summed E-state index contributed by atoms with van der Waals surface area (Å²) in [7, 11) is 0. The van der Waals surface area contributed by atoms with Gasteiger partial charge in [-0.1, -0.05) is 44.2 Å². The van der Waals surface area contributed by atoms with Gasteiger partial charge in [-0.05, 0) is 35.2 Å². The summed E-state index contributed by atoms with van der Waals surface area (Å²) in [5.41, 5.74) is 2.74. The van der Waals surface area contributed by atoms with Gasteiger partial charge in [0.2, 0.25) is 0 Å². The lowest BCUT2D eigenvalue weighted by molar-refractivity contribution is 0.559. The fourth-order valence-corrected chi connectivity index (χ4v) is 2.93. The summed E-state index contributed by atoms with van der Waals surface area (Å²) >= 11 is 0. The lowest BCUT2D eigenvalue weighted by Gasteiger charge is -2.25. The number of hydrogen-bond donors (Lipinski definition) is 0. The molecular weight excluding hydrogens is 206 g/mol. The molecule has 1 aliphatic rings. The first-order chi connectivity index (χ1) is 8.30. The largest absolute Gasteiger partial charge is 0.260 e. The zero-order valence-electron chi connectivity index (χ0n) is 10.4. The van der Waals surface area contributed by atoms with E-state index in [-0.39, 0.29) is 5.41 Å². The van der Waals surface area contributed by atoms with Gasteiger partial charge in [-0.25, -0.2) is 0 Å². The molecule has 3 rings (SSSR count). The van der Waals surface area contributed by atoms with Gasteiger partial charge in [-0.2, -0.15) is 0 Å². The first kappa shape index (κ1) is 10.5. The highest BCUT2D eigenvalue weighted by atomic mass is 14.8. The molecule has 0 saturated carbocycles. The summed E-state index contributed by atoms with van der Waals surface area (Å²) in [6.45, 7) is 4.51. The molecule has 2 aromatic carbocycles. The molecule has 1 heteroatoms. The predicted molar refractivity (Wildman–Crippen MR) is 74.4 cm³/mol. The summed E-state index contributed by atoms with van der Waals surface area (Å²) in [6, 6.07) is 13.0. The van der Waals surface area contributed by atoms with E-state index in [2.05, 4.69) is 61.5 Å². The molecule has 1 nitrogen and oxygen atoms in total. The number of fused-ring (bicyclic) bond motifs is 3. The van der Waals surface area contributed by atoms with E-state index in [1.54, 1.807) is 0 Å². The number of aliphatic imine (C=N–C) groups is 1. The quantitative estimate of drug-likeness (QED) is 0.704. The Bertz CT molecular complexity index is 591. The van der Waals surface area contributed by atoms with Crippen LogP contribution in [0.1, 0.15) is 32.3 Å². The van der Waals surface area contributed by atoms with Crippen LogP contribution in [0.5, 0.6) is 0 Å². The first-order valence-corrected chi connectivity index (χ1v) is 6.38. The third kappa shape index (κ3) is 1.35. The highest BCUT2D eigenvalue weighted by molar-refractivity contribution is 5.98. The molecule has 0 N–H and O–H groups in total. The van der Waals surface area contributed by atoms with Gasteiger partial charge in [0.1, 0.15) is 0 Å². The molecule has 0 saturated heterocycles.